The van der Waals surface area contributed by atoms with Crippen molar-refractivity contribution in [2.45, 2.75) is 253 Å². The molecule has 0 spiro atoms. The first-order chi connectivity index (χ1) is 51.9. The zero-order valence-electron chi connectivity index (χ0n) is 92.6. The Morgan fingerprint density at radius 2 is 0.681 bits per heavy atom. The Kier molecular flexibility index (Phi) is 12.0. The van der Waals surface area contributed by atoms with E-state index in [1.165, 1.54) is 45.8 Å². The summed E-state index contributed by atoms with van der Waals surface area (Å²) in [6.45, 7) is 7.64. The van der Waals surface area contributed by atoms with Gasteiger partial charge in [0.25, 0.3) is 0 Å². The topological polar surface area (TPSA) is 109 Å². The second-order valence-electron chi connectivity index (χ2n) is 15.2. The van der Waals surface area contributed by atoms with Crippen LogP contribution in [0.1, 0.15) is 325 Å². The number of hydrogen-bond acceptors (Lipinski definition) is 6. The van der Waals surface area contributed by atoms with Crippen LogP contribution >= 0.6 is 0 Å². The van der Waals surface area contributed by atoms with E-state index in [2.05, 4.69) is 0 Å². The van der Waals surface area contributed by atoms with Crippen molar-refractivity contribution in [2.24, 2.45) is 47.2 Å². The molecule has 8 nitrogen and oxygen atoms in total. The number of ketones is 4. The first-order valence-corrected chi connectivity index (χ1v) is 21.6. The molecular weight excluding hydrogens is 857 g/mol. The zero-order chi connectivity index (χ0) is 97.4. The molecule has 0 atom stereocenters. The molecule has 8 aliphatic carbocycles. The Hall–Kier alpha value is -2.90. The van der Waals surface area contributed by atoms with E-state index in [4.69, 9.17) is 71.3 Å². The van der Waals surface area contributed by atoms with Crippen LogP contribution in [-0.2, 0) is 28.8 Å². The van der Waals surface area contributed by atoms with Crippen molar-refractivity contribution >= 4 is 34.9 Å². The summed E-state index contributed by atoms with van der Waals surface area (Å²) < 4.78 is 390. The van der Waals surface area contributed by atoms with Crippen LogP contribution in [0.4, 0.5) is 0 Å². The van der Waals surface area contributed by atoms with Crippen LogP contribution in [0.15, 0.2) is 24.3 Å². The number of allylic oxidation sites excluding steroid dienone is 4. The fourth-order valence-electron chi connectivity index (χ4n) is 5.21. The number of Topliss-reactive ketones (excluding diaryl/α,β-unsaturated/α-hetero) is 4. The molecule has 0 radical (unpaired) electrons. The Morgan fingerprint density at radius 3 is 0.942 bits per heavy atom. The van der Waals surface area contributed by atoms with E-state index in [1.54, 1.807) is 14.1 Å². The lowest BCUT2D eigenvalue weighted by atomic mass is 10.0. The summed E-state index contributed by atoms with van der Waals surface area (Å²) in [4.78, 5) is 70.2. The van der Waals surface area contributed by atoms with E-state index < -0.39 is 212 Å². The molecule has 0 bridgehead atoms. The third-order valence-corrected chi connectivity index (χ3v) is 9.15. The predicted molar refractivity (Wildman–Crippen MR) is 292 cm³/mol. The molecule has 400 valence electrons. The molecule has 8 fully saturated rings. The van der Waals surface area contributed by atoms with Crippen LogP contribution < -0.4 is 0 Å². The lowest BCUT2D eigenvalue weighted by Crippen LogP contribution is -2.27. The molecule has 0 aromatic rings. The van der Waals surface area contributed by atoms with Gasteiger partial charge in [-0.25, -0.2) is 0 Å². The standard InChI is InChI=1S/2C8H15NO.2C8H14.4C7H12O.CH4/c2*1-9(2)8(10)7-5-3-4-6-7;2*1-2-5-8-6-3-4-7-8;4*1-6(8)7-4-2-3-5-7;/h2*7H,3-6H2,1-2H3;2*2,5,8H,3-4,6-7H2,1H3;4*7H,2-5H2,1H3;1H4/i3D2,4D2,5D2,6D2,7D;3D2,4D2;3D2,4D2,6D2,7D2,8D;3D2,4D2;2*2D2,3D2,4D2,5D2,7D;2*2D2,3D2;. The van der Waals surface area contributed by atoms with Gasteiger partial charge in [0.15, 0.2) is 0 Å². The lowest BCUT2D eigenvalue weighted by Gasteiger charge is -2.14. The quantitative estimate of drug-likeness (QED) is 0.224. The van der Waals surface area contributed by atoms with Gasteiger partial charge in [-0.1, -0.05) is 134 Å². The van der Waals surface area contributed by atoms with Crippen LogP contribution in [-0.4, -0.2) is 72.9 Å². The summed E-state index contributed by atoms with van der Waals surface area (Å²) >= 11 is 0. The predicted octanol–water partition coefficient (Wildman–Crippen LogP) is 15.7. The van der Waals surface area contributed by atoms with E-state index >= 15 is 0 Å². The SMILES string of the molecule is C.[2H]C1([2H])C([2H])([2H])C([2H])([2H])C([2H])(C(=O)N(C)C)C1([2H])[2H].[2H]C1([2H])C([2H])([2H])C([2H])([2H])C([2H])(C(C)=O)C1([2H])[2H].[2H]C1([2H])C([2H])([2H])C([2H])([2H])C([2H])(C(C)=O)C1([2H])[2H].[2H]C1([2H])C([2H])([2H])C([2H])([2H])C([2H])(C=CC)C1([2H])[2H].[2H]C1([2H])CC(C(=O)N(C)C)CC1([2H])[2H].[2H]C1([2H])CC(C(C)=O)CC1([2H])[2H].[2H]C1([2H])CC(C(C)=O)CC1([2H])[2H].[2H]C1([2H])CC(C=CC)CC1([2H])[2H]. The molecule has 0 aliphatic heterocycles. The highest BCUT2D eigenvalue weighted by Gasteiger charge is 2.25. The summed E-state index contributed by atoms with van der Waals surface area (Å²) in [6.07, 6.45) is -59.5. The van der Waals surface area contributed by atoms with Gasteiger partial charge < -0.3 is 9.80 Å². The van der Waals surface area contributed by atoms with Crippen molar-refractivity contribution in [1.82, 2.24) is 9.80 Å². The molecule has 0 saturated heterocycles. The van der Waals surface area contributed by atoms with Gasteiger partial charge in [-0.2, -0.15) is 0 Å². The molecular formula is C61H110N2O6. The maximum Gasteiger partial charge on any atom is 0.225 e. The van der Waals surface area contributed by atoms with Gasteiger partial charge in [0.05, 0.1) is 0 Å². The van der Waals surface area contributed by atoms with Crippen LogP contribution in [0, 0.1) is 47.2 Å². The molecule has 8 rings (SSSR count). The van der Waals surface area contributed by atoms with Gasteiger partial charge in [0.2, 0.25) is 11.8 Å². The monoisotopic (exact) mass is 1020 g/mol. The highest BCUT2D eigenvalue weighted by molar-refractivity contribution is 5.80. The summed E-state index contributed by atoms with van der Waals surface area (Å²) in [5, 5.41) is 0. The Labute approximate surface area is 499 Å². The normalized spacial score (nSPS) is 51.5. The third-order valence-electron chi connectivity index (χ3n) is 9.15. The molecule has 0 aromatic heterocycles. The minimum absolute atomic E-state index is 0. The number of nitrogens with zero attached hydrogens (tertiary/aromatic N) is 2. The molecule has 8 aliphatic rings. The van der Waals surface area contributed by atoms with Gasteiger partial charge in [0, 0.05) is 135 Å². The van der Waals surface area contributed by atoms with Gasteiger partial charge in [0.1, 0.15) is 23.1 Å². The van der Waals surface area contributed by atoms with Gasteiger partial charge in [-0.05, 0) is 156 Å². The Morgan fingerprint density at radius 1 is 0.391 bits per heavy atom. The molecule has 0 heterocycles. The van der Waals surface area contributed by atoms with Crippen molar-refractivity contribution < 1.29 is 100 Å². The van der Waals surface area contributed by atoms with Crippen LogP contribution in [0.5, 0.6) is 0 Å². The smallest absolute Gasteiger partial charge is 0.225 e. The van der Waals surface area contributed by atoms with Crippen molar-refractivity contribution in [2.75, 3.05) is 28.2 Å². The van der Waals surface area contributed by atoms with E-state index in [9.17, 15) is 28.8 Å². The van der Waals surface area contributed by atoms with Gasteiger partial charge in [-0.15, -0.1) is 0 Å². The molecule has 8 heteroatoms. The maximum atomic E-state index is 12.0. The number of rotatable bonds is 8. The van der Waals surface area contributed by atoms with Crippen LogP contribution in [0.25, 0.3) is 0 Å². The average molecular weight is 1020 g/mol. The Balaban J connectivity index is 0.00000137. The first kappa shape index (κ1) is 20.4. The minimum atomic E-state index is -3.33. The van der Waals surface area contributed by atoms with Crippen molar-refractivity contribution in [3.63, 3.8) is 0 Å². The van der Waals surface area contributed by atoms with Crippen molar-refractivity contribution in [3.8, 4) is 0 Å². The highest BCUT2D eigenvalue weighted by Crippen LogP contribution is 2.30. The number of hydrogen-bond donors (Lipinski definition) is 0. The summed E-state index contributed by atoms with van der Waals surface area (Å²) in [5.74, 6) is -17.6. The Bertz CT molecular complexity index is 3530. The van der Waals surface area contributed by atoms with E-state index in [0.717, 1.165) is 24.8 Å². The molecule has 0 N–H and O–H groups in total. The number of carbonyl (C=O) groups excluding carboxylic acids is 6. The second-order valence-corrected chi connectivity index (χ2v) is 15.2. The summed E-state index contributed by atoms with van der Waals surface area (Å²) in [6, 6.07) is 0. The average Bonchev–Trinajstić information content (AvgIpc) is 1.55. The van der Waals surface area contributed by atoms with Crippen LogP contribution in [0.2, 0.25) is 0 Å². The molecule has 69 heavy (non-hydrogen) atoms. The highest BCUT2D eigenvalue weighted by atomic mass is 16.2. The van der Waals surface area contributed by atoms with E-state index in [0.29, 0.717) is 12.8 Å². The molecule has 2 amide bonds. The number of amides is 2. The zero-order valence-corrected chi connectivity index (χ0v) is 40.6. The number of carbonyl (C=O) groups is 6. The van der Waals surface area contributed by atoms with Gasteiger partial charge in [-0.3, -0.25) is 28.8 Å². The van der Waals surface area contributed by atoms with E-state index in [-0.39, 0.29) is 69.3 Å². The molecule has 0 aromatic carbocycles. The maximum absolute atomic E-state index is 12.0. The summed E-state index contributed by atoms with van der Waals surface area (Å²) in [5.41, 5.74) is 0. The lowest BCUT2D eigenvalue weighted by molar-refractivity contribution is -0.133. The molecule has 8 saturated carbocycles. The largest absolute Gasteiger partial charge is 0.349 e. The fraction of sp³-hybridized carbons (Fsp3) is 0.836. The molecule has 0 unspecified atom stereocenters. The van der Waals surface area contributed by atoms with E-state index in [1.807, 2.05) is 19.1 Å². The minimum Gasteiger partial charge on any atom is -0.349 e. The third kappa shape index (κ3) is 31.2. The summed E-state index contributed by atoms with van der Waals surface area (Å²) in [7, 11) is 5.56. The van der Waals surface area contributed by atoms with Crippen molar-refractivity contribution in [1.29, 1.82) is 0 Å². The van der Waals surface area contributed by atoms with Gasteiger partial charge >= 0.3 is 0 Å². The second kappa shape index (κ2) is 40.7. The van der Waals surface area contributed by atoms with Crippen molar-refractivity contribution in [3.05, 3.63) is 24.3 Å². The van der Waals surface area contributed by atoms with Crippen LogP contribution in [0.3, 0.4) is 0 Å². The first-order valence-electron chi connectivity index (χ1n) is 47.6. The fourth-order valence-corrected chi connectivity index (χ4v) is 5.21.